The van der Waals surface area contributed by atoms with Crippen LogP contribution in [0.4, 0.5) is 5.69 Å². The Kier molecular flexibility index (Phi) is 5.35. The van der Waals surface area contributed by atoms with Crippen molar-refractivity contribution >= 4 is 11.6 Å². The van der Waals surface area contributed by atoms with Gasteiger partial charge in [0.1, 0.15) is 19.0 Å². The molecule has 0 bridgehead atoms. The van der Waals surface area contributed by atoms with E-state index < -0.39 is 0 Å². The molecule has 0 fully saturated rings. The smallest absolute Gasteiger partial charge is 0.276 e. The molecule has 7 nitrogen and oxygen atoms in total. The monoisotopic (exact) mass is 407 g/mol. The third kappa shape index (κ3) is 4.56. The van der Waals surface area contributed by atoms with Gasteiger partial charge in [0.15, 0.2) is 23.9 Å². The fraction of sp³-hybridized carbons (Fsp3) is 0.304. The molecule has 4 rings (SSSR count). The summed E-state index contributed by atoms with van der Waals surface area (Å²) in [7, 11) is 0. The van der Waals surface area contributed by atoms with Gasteiger partial charge in [-0.1, -0.05) is 32.9 Å². The van der Waals surface area contributed by atoms with E-state index in [2.05, 4.69) is 43.3 Å². The molecular weight excluding hydrogens is 382 g/mol. The highest BCUT2D eigenvalue weighted by atomic mass is 16.6. The average Bonchev–Trinajstić information content (AvgIpc) is 3.21. The third-order valence-corrected chi connectivity index (χ3v) is 4.76. The molecule has 2 heterocycles. The van der Waals surface area contributed by atoms with Gasteiger partial charge in [0.2, 0.25) is 0 Å². The highest BCUT2D eigenvalue weighted by Crippen LogP contribution is 2.32. The number of anilines is 1. The quantitative estimate of drug-likeness (QED) is 0.685. The molecule has 1 aliphatic heterocycles. The van der Waals surface area contributed by atoms with E-state index in [1.807, 2.05) is 12.1 Å². The van der Waals surface area contributed by atoms with Crippen LogP contribution in [0.2, 0.25) is 0 Å². The molecule has 7 heteroatoms. The highest BCUT2D eigenvalue weighted by Gasteiger charge is 2.15. The standard InChI is InChI=1S/C23H25N3O4/c1-23(2,3)16-4-7-18(8-5-16)30-15-26-11-10-19(25-26)22(27)24-17-6-9-20-21(14-17)29-13-12-28-20/h4-11,14H,12-13,15H2,1-3H3,(H,24,27). The van der Waals surface area contributed by atoms with E-state index in [1.54, 1.807) is 35.1 Å². The van der Waals surface area contributed by atoms with Crippen molar-refractivity contribution in [3.63, 3.8) is 0 Å². The van der Waals surface area contributed by atoms with Crippen molar-refractivity contribution in [2.75, 3.05) is 18.5 Å². The maximum absolute atomic E-state index is 12.5. The number of benzene rings is 2. The average molecular weight is 407 g/mol. The largest absolute Gasteiger partial charge is 0.486 e. The molecule has 156 valence electrons. The number of fused-ring (bicyclic) bond motifs is 1. The second kappa shape index (κ2) is 8.10. The van der Waals surface area contributed by atoms with Crippen LogP contribution in [-0.4, -0.2) is 28.9 Å². The predicted molar refractivity (Wildman–Crippen MR) is 113 cm³/mol. The summed E-state index contributed by atoms with van der Waals surface area (Å²) in [4.78, 5) is 12.5. The molecule has 1 amide bonds. The van der Waals surface area contributed by atoms with Gasteiger partial charge in [-0.05, 0) is 41.3 Å². The third-order valence-electron chi connectivity index (χ3n) is 4.76. The number of hydrogen-bond donors (Lipinski definition) is 1. The summed E-state index contributed by atoms with van der Waals surface area (Å²) in [6.45, 7) is 7.75. The molecule has 30 heavy (non-hydrogen) atoms. The second-order valence-electron chi connectivity index (χ2n) is 8.10. The normalized spacial score (nSPS) is 13.0. The van der Waals surface area contributed by atoms with Crippen LogP contribution in [0.15, 0.2) is 54.7 Å². The summed E-state index contributed by atoms with van der Waals surface area (Å²) >= 11 is 0. The first-order chi connectivity index (χ1) is 14.4. The fourth-order valence-corrected chi connectivity index (χ4v) is 3.06. The van der Waals surface area contributed by atoms with Crippen LogP contribution in [0.3, 0.4) is 0 Å². The van der Waals surface area contributed by atoms with Gasteiger partial charge in [0.05, 0.1) is 0 Å². The van der Waals surface area contributed by atoms with Crippen molar-refractivity contribution < 1.29 is 19.0 Å². The van der Waals surface area contributed by atoms with Crippen LogP contribution >= 0.6 is 0 Å². The summed E-state index contributed by atoms with van der Waals surface area (Å²) in [5.74, 6) is 1.74. The summed E-state index contributed by atoms with van der Waals surface area (Å²) < 4.78 is 18.4. The lowest BCUT2D eigenvalue weighted by Gasteiger charge is -2.19. The van der Waals surface area contributed by atoms with Crippen molar-refractivity contribution in [3.05, 3.63) is 66.0 Å². The Morgan fingerprint density at radius 1 is 1.07 bits per heavy atom. The van der Waals surface area contributed by atoms with E-state index in [-0.39, 0.29) is 18.1 Å². The molecule has 0 aliphatic carbocycles. The number of amides is 1. The molecule has 1 N–H and O–H groups in total. The van der Waals surface area contributed by atoms with Crippen LogP contribution in [0.1, 0.15) is 36.8 Å². The number of hydrogen-bond acceptors (Lipinski definition) is 5. The molecule has 0 radical (unpaired) electrons. The van der Waals surface area contributed by atoms with Crippen LogP contribution in [0.5, 0.6) is 17.2 Å². The van der Waals surface area contributed by atoms with E-state index in [0.717, 1.165) is 5.75 Å². The van der Waals surface area contributed by atoms with Crippen LogP contribution < -0.4 is 19.5 Å². The zero-order valence-corrected chi connectivity index (χ0v) is 17.3. The molecular formula is C23H25N3O4. The molecule has 0 atom stereocenters. The van der Waals surface area contributed by atoms with Crippen LogP contribution in [-0.2, 0) is 12.1 Å². The van der Waals surface area contributed by atoms with E-state index in [4.69, 9.17) is 14.2 Å². The molecule has 0 spiro atoms. The maximum atomic E-state index is 12.5. The lowest BCUT2D eigenvalue weighted by molar-refractivity contribution is 0.102. The number of carbonyl (C=O) groups excluding carboxylic acids is 1. The summed E-state index contributed by atoms with van der Waals surface area (Å²) in [6, 6.07) is 15.0. The zero-order valence-electron chi connectivity index (χ0n) is 17.3. The van der Waals surface area contributed by atoms with Gasteiger partial charge in [0, 0.05) is 18.0 Å². The first-order valence-electron chi connectivity index (χ1n) is 9.86. The van der Waals surface area contributed by atoms with Crippen molar-refractivity contribution in [2.24, 2.45) is 0 Å². The van der Waals surface area contributed by atoms with E-state index in [9.17, 15) is 4.79 Å². The zero-order chi connectivity index (χ0) is 21.1. The van der Waals surface area contributed by atoms with Gasteiger partial charge in [-0.3, -0.25) is 4.79 Å². The Morgan fingerprint density at radius 3 is 2.53 bits per heavy atom. The Hall–Kier alpha value is -3.48. The first-order valence-corrected chi connectivity index (χ1v) is 9.86. The highest BCUT2D eigenvalue weighted by molar-refractivity contribution is 6.02. The Balaban J connectivity index is 1.35. The summed E-state index contributed by atoms with van der Waals surface area (Å²) in [6.07, 6.45) is 1.71. The van der Waals surface area contributed by atoms with Crippen molar-refractivity contribution in [3.8, 4) is 17.2 Å². The number of ether oxygens (including phenoxy) is 3. The minimum atomic E-state index is -0.306. The molecule has 0 unspecified atom stereocenters. The number of aromatic nitrogens is 2. The lowest BCUT2D eigenvalue weighted by Crippen LogP contribution is -2.17. The van der Waals surface area contributed by atoms with E-state index in [0.29, 0.717) is 36.1 Å². The van der Waals surface area contributed by atoms with Gasteiger partial charge in [-0.15, -0.1) is 0 Å². The van der Waals surface area contributed by atoms with Crippen LogP contribution in [0.25, 0.3) is 0 Å². The first kappa shape index (κ1) is 19.8. The Labute approximate surface area is 175 Å². The number of nitrogens with one attached hydrogen (secondary N) is 1. The molecule has 3 aromatic rings. The molecule has 2 aromatic carbocycles. The molecule has 1 aromatic heterocycles. The van der Waals surface area contributed by atoms with Gasteiger partial charge < -0.3 is 19.5 Å². The Morgan fingerprint density at radius 2 is 1.80 bits per heavy atom. The minimum absolute atomic E-state index is 0.0972. The summed E-state index contributed by atoms with van der Waals surface area (Å²) in [5.41, 5.74) is 2.26. The van der Waals surface area contributed by atoms with Gasteiger partial charge >= 0.3 is 0 Å². The summed E-state index contributed by atoms with van der Waals surface area (Å²) in [5, 5.41) is 7.11. The molecule has 1 aliphatic rings. The number of nitrogens with zero attached hydrogens (tertiary/aromatic N) is 2. The predicted octanol–water partition coefficient (Wildman–Crippen LogP) is 4.24. The van der Waals surface area contributed by atoms with Crippen molar-refractivity contribution in [1.82, 2.24) is 9.78 Å². The topological polar surface area (TPSA) is 74.6 Å². The molecule has 0 saturated carbocycles. The second-order valence-corrected chi connectivity index (χ2v) is 8.10. The number of rotatable bonds is 5. The lowest BCUT2D eigenvalue weighted by atomic mass is 9.87. The van der Waals surface area contributed by atoms with Crippen molar-refractivity contribution in [2.45, 2.75) is 32.9 Å². The van der Waals surface area contributed by atoms with Gasteiger partial charge in [-0.2, -0.15) is 5.10 Å². The van der Waals surface area contributed by atoms with Crippen molar-refractivity contribution in [1.29, 1.82) is 0 Å². The number of carbonyl (C=O) groups is 1. The van der Waals surface area contributed by atoms with Crippen LogP contribution in [0, 0.1) is 0 Å². The minimum Gasteiger partial charge on any atom is -0.486 e. The van der Waals surface area contributed by atoms with E-state index in [1.165, 1.54) is 5.56 Å². The van der Waals surface area contributed by atoms with Gasteiger partial charge in [0.25, 0.3) is 5.91 Å². The SMILES string of the molecule is CC(C)(C)c1ccc(OCn2ccc(C(=O)Nc3ccc4c(c3)OCCO4)n2)cc1. The van der Waals surface area contributed by atoms with Gasteiger partial charge in [-0.25, -0.2) is 4.68 Å². The molecule has 0 saturated heterocycles. The van der Waals surface area contributed by atoms with E-state index >= 15 is 0 Å². The fourth-order valence-electron chi connectivity index (χ4n) is 3.06. The maximum Gasteiger partial charge on any atom is 0.276 e. The Bertz CT molecular complexity index is 1040.